The molecule has 0 radical (unpaired) electrons. The van der Waals surface area contributed by atoms with Gasteiger partial charge in [0.1, 0.15) is 12.3 Å². The monoisotopic (exact) mass is 401 g/mol. The molecule has 0 fully saturated rings. The number of hydrogen-bond acceptors (Lipinski definition) is 4. The highest BCUT2D eigenvalue weighted by molar-refractivity contribution is 6.03. The summed E-state index contributed by atoms with van der Waals surface area (Å²) in [7, 11) is 1.52. The van der Waals surface area contributed by atoms with Gasteiger partial charge in [-0.2, -0.15) is 5.10 Å². The Bertz CT molecular complexity index is 1290. The number of rotatable bonds is 6. The summed E-state index contributed by atoms with van der Waals surface area (Å²) >= 11 is 0. The predicted octanol–water partition coefficient (Wildman–Crippen LogP) is 3.65. The maximum Gasteiger partial charge on any atom is 0.323 e. The fourth-order valence-electron chi connectivity index (χ4n) is 3.44. The molecule has 4 aromatic rings. The molecule has 7 heteroatoms. The molecule has 4 rings (SSSR count). The molecule has 1 aromatic heterocycles. The molecule has 7 nitrogen and oxygen atoms in total. The van der Waals surface area contributed by atoms with Gasteiger partial charge in [0.2, 0.25) is 0 Å². The molecule has 1 amide bonds. The van der Waals surface area contributed by atoms with E-state index in [2.05, 4.69) is 10.5 Å². The standard InChI is InChI=1S/C23H19N3O4/c1-30-21-11-16-7-3-2-6-15(16)10-19(21)23(29)25-24-12-17-13-26(14-22(27)28)20-9-5-4-8-18(17)20/h2-13H,14H2,1H3,(H,25,29)(H,27,28). The maximum absolute atomic E-state index is 12.7. The van der Waals surface area contributed by atoms with E-state index in [9.17, 15) is 9.59 Å². The lowest BCUT2D eigenvalue weighted by Crippen LogP contribution is -2.18. The van der Waals surface area contributed by atoms with E-state index >= 15 is 0 Å². The number of carboxylic acids is 1. The second kappa shape index (κ2) is 8.08. The minimum atomic E-state index is -0.934. The first-order valence-electron chi connectivity index (χ1n) is 9.26. The number of carboxylic acid groups (broad SMARTS) is 1. The minimum Gasteiger partial charge on any atom is -0.496 e. The van der Waals surface area contributed by atoms with Crippen LogP contribution in [0.15, 0.2) is 72.0 Å². The van der Waals surface area contributed by atoms with Gasteiger partial charge in [-0.25, -0.2) is 5.43 Å². The van der Waals surface area contributed by atoms with Crippen molar-refractivity contribution in [3.63, 3.8) is 0 Å². The van der Waals surface area contributed by atoms with E-state index in [4.69, 9.17) is 9.84 Å². The Morgan fingerprint density at radius 1 is 1.10 bits per heavy atom. The molecule has 150 valence electrons. The van der Waals surface area contributed by atoms with Gasteiger partial charge in [-0.05, 0) is 29.0 Å². The highest BCUT2D eigenvalue weighted by Gasteiger charge is 2.13. The van der Waals surface area contributed by atoms with E-state index < -0.39 is 11.9 Å². The second-order valence-electron chi connectivity index (χ2n) is 6.72. The third-order valence-electron chi connectivity index (χ3n) is 4.81. The van der Waals surface area contributed by atoms with Crippen LogP contribution >= 0.6 is 0 Å². The SMILES string of the molecule is COc1cc2ccccc2cc1C(=O)NN=Cc1cn(CC(=O)O)c2ccccc12. The minimum absolute atomic E-state index is 0.158. The summed E-state index contributed by atoms with van der Waals surface area (Å²) in [5.41, 5.74) is 4.39. The first-order chi connectivity index (χ1) is 14.6. The van der Waals surface area contributed by atoms with Gasteiger partial charge in [0.15, 0.2) is 0 Å². The van der Waals surface area contributed by atoms with Crippen molar-refractivity contribution in [2.24, 2.45) is 5.10 Å². The number of nitrogens with one attached hydrogen (secondary N) is 1. The van der Waals surface area contributed by atoms with E-state index in [1.807, 2.05) is 54.6 Å². The van der Waals surface area contributed by atoms with Crippen molar-refractivity contribution >= 4 is 39.8 Å². The molecular weight excluding hydrogens is 382 g/mol. The van der Waals surface area contributed by atoms with E-state index in [1.165, 1.54) is 13.3 Å². The molecule has 0 saturated carbocycles. The first kappa shape index (κ1) is 19.2. The van der Waals surface area contributed by atoms with Gasteiger partial charge >= 0.3 is 5.97 Å². The summed E-state index contributed by atoms with van der Waals surface area (Å²) in [6.07, 6.45) is 3.21. The number of hydrazone groups is 1. The molecular formula is C23H19N3O4. The van der Waals surface area contributed by atoms with Gasteiger partial charge < -0.3 is 14.4 Å². The molecule has 2 N–H and O–H groups in total. The normalized spacial score (nSPS) is 11.2. The number of fused-ring (bicyclic) bond motifs is 2. The predicted molar refractivity (Wildman–Crippen MR) is 115 cm³/mol. The van der Waals surface area contributed by atoms with Crippen molar-refractivity contribution in [2.45, 2.75) is 6.54 Å². The lowest BCUT2D eigenvalue weighted by Gasteiger charge is -2.09. The number of hydrogen-bond donors (Lipinski definition) is 2. The zero-order valence-corrected chi connectivity index (χ0v) is 16.2. The number of carbonyl (C=O) groups excluding carboxylic acids is 1. The molecule has 0 aliphatic carbocycles. The summed E-state index contributed by atoms with van der Waals surface area (Å²) in [5.74, 6) is -0.876. The largest absolute Gasteiger partial charge is 0.496 e. The number of nitrogens with zero attached hydrogens (tertiary/aromatic N) is 2. The third kappa shape index (κ3) is 3.73. The van der Waals surface area contributed by atoms with E-state index in [-0.39, 0.29) is 6.54 Å². The average molecular weight is 401 g/mol. The number of aliphatic carboxylic acids is 1. The van der Waals surface area contributed by atoms with Gasteiger partial charge in [0.25, 0.3) is 5.91 Å². The lowest BCUT2D eigenvalue weighted by molar-refractivity contribution is -0.137. The van der Waals surface area contributed by atoms with Crippen molar-refractivity contribution in [1.82, 2.24) is 9.99 Å². The second-order valence-corrected chi connectivity index (χ2v) is 6.72. The van der Waals surface area contributed by atoms with Crippen molar-refractivity contribution < 1.29 is 19.4 Å². The Morgan fingerprint density at radius 3 is 2.53 bits per heavy atom. The van der Waals surface area contributed by atoms with Crippen LogP contribution in [0.4, 0.5) is 0 Å². The fourth-order valence-corrected chi connectivity index (χ4v) is 3.44. The van der Waals surface area contributed by atoms with Crippen LogP contribution in [0.3, 0.4) is 0 Å². The van der Waals surface area contributed by atoms with Crippen molar-refractivity contribution in [3.8, 4) is 5.75 Å². The Morgan fingerprint density at radius 2 is 1.80 bits per heavy atom. The Balaban J connectivity index is 1.60. The van der Waals surface area contributed by atoms with Gasteiger partial charge in [-0.1, -0.05) is 42.5 Å². The molecule has 0 saturated heterocycles. The van der Waals surface area contributed by atoms with Crippen molar-refractivity contribution in [2.75, 3.05) is 7.11 Å². The zero-order valence-electron chi connectivity index (χ0n) is 16.2. The van der Waals surface area contributed by atoms with E-state index in [1.54, 1.807) is 16.8 Å². The van der Waals surface area contributed by atoms with Crippen LogP contribution in [0.2, 0.25) is 0 Å². The Hall–Kier alpha value is -4.13. The molecule has 0 bridgehead atoms. The summed E-state index contributed by atoms with van der Waals surface area (Å²) < 4.78 is 7.00. The van der Waals surface area contributed by atoms with Gasteiger partial charge in [-0.3, -0.25) is 9.59 Å². The summed E-state index contributed by atoms with van der Waals surface area (Å²) in [6, 6.07) is 18.7. The number of benzene rings is 3. The van der Waals surface area contributed by atoms with E-state index in [0.29, 0.717) is 16.9 Å². The van der Waals surface area contributed by atoms with Crippen LogP contribution in [0, 0.1) is 0 Å². The fraction of sp³-hybridized carbons (Fsp3) is 0.0870. The molecule has 0 unspecified atom stereocenters. The first-order valence-corrected chi connectivity index (χ1v) is 9.26. The smallest absolute Gasteiger partial charge is 0.323 e. The molecule has 0 aliphatic heterocycles. The van der Waals surface area contributed by atoms with Gasteiger partial charge in [0.05, 0.1) is 18.9 Å². The number of carbonyl (C=O) groups is 2. The van der Waals surface area contributed by atoms with Crippen LogP contribution in [-0.2, 0) is 11.3 Å². The van der Waals surface area contributed by atoms with Gasteiger partial charge in [-0.15, -0.1) is 0 Å². The summed E-state index contributed by atoms with van der Waals surface area (Å²) in [6.45, 7) is -0.158. The summed E-state index contributed by atoms with van der Waals surface area (Å²) in [5, 5.41) is 15.9. The molecule has 1 heterocycles. The van der Waals surface area contributed by atoms with Gasteiger partial charge in [0, 0.05) is 22.7 Å². The topological polar surface area (TPSA) is 92.9 Å². The van der Waals surface area contributed by atoms with Crippen LogP contribution in [0.1, 0.15) is 15.9 Å². The lowest BCUT2D eigenvalue weighted by atomic mass is 10.1. The van der Waals surface area contributed by atoms with E-state index in [0.717, 1.165) is 21.7 Å². The molecule has 0 atom stereocenters. The molecule has 30 heavy (non-hydrogen) atoms. The number of amides is 1. The Kier molecular flexibility index (Phi) is 5.17. The van der Waals surface area contributed by atoms with Crippen molar-refractivity contribution in [3.05, 3.63) is 78.0 Å². The molecule has 3 aromatic carbocycles. The third-order valence-corrected chi connectivity index (χ3v) is 4.81. The molecule has 0 spiro atoms. The number of ether oxygens (including phenoxy) is 1. The quantitative estimate of drug-likeness (QED) is 0.381. The van der Waals surface area contributed by atoms with Crippen LogP contribution in [0.25, 0.3) is 21.7 Å². The molecule has 0 aliphatic rings. The number of para-hydroxylation sites is 1. The maximum atomic E-state index is 12.7. The van der Waals surface area contributed by atoms with Crippen LogP contribution in [-0.4, -0.2) is 34.9 Å². The van der Waals surface area contributed by atoms with Crippen molar-refractivity contribution in [1.29, 1.82) is 0 Å². The highest BCUT2D eigenvalue weighted by Crippen LogP contribution is 2.26. The number of aromatic nitrogens is 1. The van der Waals surface area contributed by atoms with Crippen LogP contribution in [0.5, 0.6) is 5.75 Å². The number of methoxy groups -OCH3 is 1. The highest BCUT2D eigenvalue weighted by atomic mass is 16.5. The van der Waals surface area contributed by atoms with Crippen LogP contribution < -0.4 is 10.2 Å². The zero-order chi connectivity index (χ0) is 21.1. The Labute approximate surface area is 172 Å². The summed E-state index contributed by atoms with van der Waals surface area (Å²) in [4.78, 5) is 23.8. The average Bonchev–Trinajstić information content (AvgIpc) is 3.09.